The molecule has 0 bridgehead atoms. The number of hydrogen-bond donors (Lipinski definition) is 0. The third-order valence-electron chi connectivity index (χ3n) is 2.01. The molecule has 0 unspecified atom stereocenters. The number of benzene rings is 1. The van der Waals surface area contributed by atoms with Crippen LogP contribution in [0.5, 0.6) is 11.5 Å². The Balaban J connectivity index is 0.000000464. The average Bonchev–Trinajstić information content (AvgIpc) is 2.35. The van der Waals surface area contributed by atoms with Gasteiger partial charge in [0.1, 0.15) is 0 Å². The zero-order valence-electron chi connectivity index (χ0n) is 13.9. The van der Waals surface area contributed by atoms with E-state index in [4.69, 9.17) is 0 Å². The molecule has 6 heteroatoms. The van der Waals surface area contributed by atoms with Gasteiger partial charge in [-0.15, -0.1) is 0 Å². The molecule has 1 aromatic rings. The van der Waals surface area contributed by atoms with Crippen molar-refractivity contribution in [3.05, 3.63) is 35.4 Å². The zero-order valence-corrected chi connectivity index (χ0v) is 19.7. The fraction of sp³-hybridized carbons (Fsp3) is 0.375. The normalized spacial score (nSPS) is 11.5. The third-order valence-corrected chi connectivity index (χ3v) is 2.01. The summed E-state index contributed by atoms with van der Waals surface area (Å²) in [5, 5.41) is 22.5. The number of carbonyl (C=O) groups excluding carboxylic acids is 2. The summed E-state index contributed by atoms with van der Waals surface area (Å²) in [5.41, 5.74) is -0.602. The molecular formula is C16H22O4Sn2. The topological polar surface area (TPSA) is 80.3 Å². The maximum absolute atomic E-state index is 11.2. The van der Waals surface area contributed by atoms with E-state index in [1.807, 2.05) is 0 Å². The molecule has 0 spiro atoms. The van der Waals surface area contributed by atoms with E-state index in [1.54, 1.807) is 0 Å². The molecular weight excluding hydrogens is 494 g/mol. The van der Waals surface area contributed by atoms with E-state index in [9.17, 15) is 19.8 Å². The first-order valence-electron chi connectivity index (χ1n) is 6.89. The predicted molar refractivity (Wildman–Crippen MR) is 89.8 cm³/mol. The number of allylic oxidation sites excluding steroid dienone is 2. The van der Waals surface area contributed by atoms with Crippen LogP contribution in [-0.4, -0.2) is 51.1 Å². The monoisotopic (exact) mass is 518 g/mol. The van der Waals surface area contributed by atoms with E-state index in [0.29, 0.717) is 0 Å². The van der Waals surface area contributed by atoms with Crippen LogP contribution >= 0.6 is 0 Å². The zero-order chi connectivity index (χ0) is 17.4. The average molecular weight is 516 g/mol. The minimum atomic E-state index is -0.581. The quantitative estimate of drug-likeness (QED) is 0.498. The van der Waals surface area contributed by atoms with Crippen molar-refractivity contribution in [2.24, 2.45) is 0 Å². The molecule has 0 saturated carbocycles. The second-order valence-corrected chi connectivity index (χ2v) is 23.0. The Labute approximate surface area is 146 Å². The molecule has 0 amide bonds. The molecule has 0 N–H and O–H groups in total. The summed E-state index contributed by atoms with van der Waals surface area (Å²) in [6.45, 7) is 0. The molecule has 1 aliphatic carbocycles. The first kappa shape index (κ1) is 21.5. The van der Waals surface area contributed by atoms with E-state index in [1.165, 1.54) is 0 Å². The Bertz CT molecular complexity index is 509. The molecule has 118 valence electrons. The van der Waals surface area contributed by atoms with Gasteiger partial charge in [0.05, 0.1) is 0 Å². The number of hydrogen-bond acceptors (Lipinski definition) is 4. The molecule has 0 aliphatic heterocycles. The van der Waals surface area contributed by atoms with E-state index in [-0.39, 0.29) is 11.1 Å². The van der Waals surface area contributed by atoms with Crippen LogP contribution in [0.4, 0.5) is 0 Å². The molecule has 0 fully saturated rings. The minimum absolute atomic E-state index is 0.301. The van der Waals surface area contributed by atoms with Crippen molar-refractivity contribution in [3.63, 3.8) is 0 Å². The number of carbonyl (C=O) groups is 2. The molecule has 1 aliphatic rings. The summed E-state index contributed by atoms with van der Waals surface area (Å²) in [6.07, 6.45) is 2.01. The summed E-state index contributed by atoms with van der Waals surface area (Å²) in [6, 6.07) is 2.01. The molecule has 4 nitrogen and oxygen atoms in total. The van der Waals surface area contributed by atoms with Gasteiger partial charge in [0.15, 0.2) is 11.6 Å². The van der Waals surface area contributed by atoms with Gasteiger partial charge in [-0.2, -0.15) is 0 Å². The third kappa shape index (κ3) is 7.67. The van der Waals surface area contributed by atoms with Gasteiger partial charge < -0.3 is 10.2 Å². The van der Waals surface area contributed by atoms with E-state index >= 15 is 0 Å². The van der Waals surface area contributed by atoms with Crippen LogP contribution < -0.4 is 10.2 Å². The summed E-state index contributed by atoms with van der Waals surface area (Å²) in [7, 11) is 0. The van der Waals surface area contributed by atoms with Gasteiger partial charge in [0.2, 0.25) is 0 Å². The van der Waals surface area contributed by atoms with Crippen molar-refractivity contribution >= 4 is 51.1 Å². The van der Waals surface area contributed by atoms with E-state index < -0.39 is 62.6 Å². The Hall–Kier alpha value is -0.503. The van der Waals surface area contributed by atoms with Crippen molar-refractivity contribution in [1.82, 2.24) is 0 Å². The van der Waals surface area contributed by atoms with E-state index in [2.05, 4.69) is 29.6 Å². The Kier molecular flexibility index (Phi) is 10.1. The standard InChI is InChI=1S/C10H6O4.6CH3.2Sn/c11-5-1-2-6(12)10-8(14)4-3-7(13)9(5)10;;;;;;;;/h1-4,11-12H;6*1H3;;/q;;;;;;;2*+1/p-2. The van der Waals surface area contributed by atoms with Gasteiger partial charge in [0.25, 0.3) is 0 Å². The fourth-order valence-electron chi connectivity index (χ4n) is 1.37. The van der Waals surface area contributed by atoms with Gasteiger partial charge in [-0.1, -0.05) is 23.6 Å². The molecule has 0 atom stereocenters. The van der Waals surface area contributed by atoms with E-state index in [0.717, 1.165) is 24.3 Å². The van der Waals surface area contributed by atoms with Crippen LogP contribution in [0.15, 0.2) is 24.3 Å². The SMILES string of the molecule is O=C1C=CC(=O)c2c([O-])ccc([O-])c21.[CH3][Sn+]([CH3])[CH3].[CH3][Sn+]([CH3])[CH3]. The Morgan fingerprint density at radius 2 is 0.909 bits per heavy atom. The van der Waals surface area contributed by atoms with Crippen molar-refractivity contribution in [3.8, 4) is 11.5 Å². The predicted octanol–water partition coefficient (Wildman–Crippen LogP) is 2.51. The van der Waals surface area contributed by atoms with Gasteiger partial charge in [0, 0.05) is 11.1 Å². The van der Waals surface area contributed by atoms with Crippen LogP contribution in [0.2, 0.25) is 29.6 Å². The van der Waals surface area contributed by atoms with Crippen molar-refractivity contribution in [2.45, 2.75) is 29.6 Å². The molecule has 2 rings (SSSR count). The Morgan fingerprint density at radius 3 is 1.14 bits per heavy atom. The summed E-state index contributed by atoms with van der Waals surface area (Å²) in [4.78, 5) is 36.6. The second kappa shape index (κ2) is 10.3. The van der Waals surface area contributed by atoms with Crippen LogP contribution in [-0.2, 0) is 0 Å². The molecule has 0 aromatic heterocycles. The molecule has 0 heterocycles. The number of ketones is 2. The van der Waals surface area contributed by atoms with Gasteiger partial charge in [-0.3, -0.25) is 9.59 Å². The number of fused-ring (bicyclic) bond motifs is 1. The molecule has 0 radical (unpaired) electrons. The maximum atomic E-state index is 11.2. The molecule has 22 heavy (non-hydrogen) atoms. The van der Waals surface area contributed by atoms with Crippen LogP contribution in [0.3, 0.4) is 0 Å². The van der Waals surface area contributed by atoms with Crippen LogP contribution in [0.25, 0.3) is 0 Å². The van der Waals surface area contributed by atoms with Gasteiger partial charge in [-0.05, 0) is 12.2 Å². The molecule has 0 saturated heterocycles. The van der Waals surface area contributed by atoms with Crippen LogP contribution in [0.1, 0.15) is 20.7 Å². The first-order chi connectivity index (χ1) is 10.1. The number of rotatable bonds is 0. The summed E-state index contributed by atoms with van der Waals surface area (Å²) < 4.78 is 0. The van der Waals surface area contributed by atoms with Gasteiger partial charge >= 0.3 is 69.2 Å². The van der Waals surface area contributed by atoms with Gasteiger partial charge in [-0.25, -0.2) is 0 Å². The first-order valence-corrected chi connectivity index (χ1v) is 24.0. The molecule has 1 aromatic carbocycles. The van der Waals surface area contributed by atoms with Crippen LogP contribution in [0, 0.1) is 0 Å². The second-order valence-electron chi connectivity index (χ2n) is 5.87. The summed E-state index contributed by atoms with van der Waals surface area (Å²) >= 11 is -1.09. The van der Waals surface area contributed by atoms with Crippen molar-refractivity contribution in [1.29, 1.82) is 0 Å². The van der Waals surface area contributed by atoms with Crippen molar-refractivity contribution < 1.29 is 19.8 Å². The fourth-order valence-corrected chi connectivity index (χ4v) is 1.37. The summed E-state index contributed by atoms with van der Waals surface area (Å²) in [5.74, 6) is -2.32. The van der Waals surface area contributed by atoms with Crippen molar-refractivity contribution in [2.75, 3.05) is 0 Å². The Morgan fingerprint density at radius 1 is 0.682 bits per heavy atom.